The topological polar surface area (TPSA) is 47.9 Å². The maximum atomic E-state index is 8.98. The van der Waals surface area contributed by atoms with E-state index in [1.165, 1.54) is 0 Å². The molecular weight excluding hydrogens is 184 g/mol. The monoisotopic (exact) mass is 206 g/mol. The van der Waals surface area contributed by atoms with Crippen molar-refractivity contribution in [2.24, 2.45) is 0 Å². The van der Waals surface area contributed by atoms with Crippen molar-refractivity contribution in [1.82, 2.24) is 0 Å². The molecule has 0 aromatic carbocycles. The Balaban J connectivity index is 3.38. The van der Waals surface area contributed by atoms with Gasteiger partial charge < -0.3 is 19.3 Å². The zero-order chi connectivity index (χ0) is 11.0. The van der Waals surface area contributed by atoms with Crippen LogP contribution in [-0.2, 0) is 14.2 Å². The Hall–Kier alpha value is -0.160. The maximum absolute atomic E-state index is 8.98. The first-order chi connectivity index (χ1) is 6.56. The minimum absolute atomic E-state index is 0.00362. The summed E-state index contributed by atoms with van der Waals surface area (Å²) in [6.45, 7) is 7.03. The molecule has 0 aliphatic rings. The summed E-state index contributed by atoms with van der Waals surface area (Å²) in [4.78, 5) is 0. The smallest absolute Gasteiger partial charge is 0.0781 e. The Morgan fingerprint density at radius 2 is 1.43 bits per heavy atom. The number of rotatable bonds is 8. The van der Waals surface area contributed by atoms with Crippen molar-refractivity contribution < 1.29 is 19.3 Å². The fraction of sp³-hybridized carbons (Fsp3) is 1.00. The molecule has 0 heterocycles. The highest BCUT2D eigenvalue weighted by molar-refractivity contribution is 4.53. The molecule has 0 aliphatic carbocycles. The molecule has 0 unspecified atom stereocenters. The van der Waals surface area contributed by atoms with E-state index in [4.69, 9.17) is 19.3 Å². The minimum atomic E-state index is -0.422. The van der Waals surface area contributed by atoms with Gasteiger partial charge in [0, 0.05) is 7.11 Å². The van der Waals surface area contributed by atoms with Gasteiger partial charge in [-0.2, -0.15) is 0 Å². The van der Waals surface area contributed by atoms with Crippen LogP contribution in [0.25, 0.3) is 0 Å². The van der Waals surface area contributed by atoms with E-state index in [1.807, 2.05) is 13.8 Å². The van der Waals surface area contributed by atoms with Gasteiger partial charge in [-0.15, -0.1) is 0 Å². The lowest BCUT2D eigenvalue weighted by Crippen LogP contribution is -2.25. The number of ether oxygens (including phenoxy) is 3. The lowest BCUT2D eigenvalue weighted by molar-refractivity contribution is -0.0657. The van der Waals surface area contributed by atoms with E-state index in [0.717, 1.165) is 0 Å². The first kappa shape index (κ1) is 13.8. The van der Waals surface area contributed by atoms with Gasteiger partial charge in [0.15, 0.2) is 0 Å². The summed E-state index contributed by atoms with van der Waals surface area (Å²) in [5.74, 6) is 0. The minimum Gasteiger partial charge on any atom is -0.391 e. The number of aliphatic hydroxyl groups is 1. The van der Waals surface area contributed by atoms with E-state index >= 15 is 0 Å². The summed E-state index contributed by atoms with van der Waals surface area (Å²) in [6.07, 6.45) is -0.338. The molecule has 1 N–H and O–H groups in total. The summed E-state index contributed by atoms with van der Waals surface area (Å²) >= 11 is 0. The van der Waals surface area contributed by atoms with Crippen molar-refractivity contribution in [2.75, 3.05) is 26.9 Å². The van der Waals surface area contributed by atoms with Crippen molar-refractivity contribution in [3.8, 4) is 0 Å². The van der Waals surface area contributed by atoms with E-state index in [1.54, 1.807) is 14.0 Å². The second kappa shape index (κ2) is 8.17. The molecular formula is C10H22O4. The Morgan fingerprint density at radius 1 is 0.929 bits per heavy atom. The van der Waals surface area contributed by atoms with E-state index in [0.29, 0.717) is 19.8 Å². The lowest BCUT2D eigenvalue weighted by atomic mass is 10.4. The van der Waals surface area contributed by atoms with Crippen LogP contribution >= 0.6 is 0 Å². The van der Waals surface area contributed by atoms with Gasteiger partial charge >= 0.3 is 0 Å². The fourth-order valence-corrected chi connectivity index (χ4v) is 0.934. The van der Waals surface area contributed by atoms with E-state index in [9.17, 15) is 0 Å². The third-order valence-corrected chi connectivity index (χ3v) is 1.64. The molecule has 0 aromatic rings. The van der Waals surface area contributed by atoms with Gasteiger partial charge in [-0.05, 0) is 20.8 Å². The second-order valence-corrected chi connectivity index (χ2v) is 3.59. The molecule has 0 amide bonds. The van der Waals surface area contributed by atoms with E-state index < -0.39 is 6.10 Å². The number of methoxy groups -OCH3 is 1. The van der Waals surface area contributed by atoms with Gasteiger partial charge in [-0.25, -0.2) is 0 Å². The van der Waals surface area contributed by atoms with Crippen LogP contribution < -0.4 is 0 Å². The summed E-state index contributed by atoms with van der Waals surface area (Å²) < 4.78 is 15.7. The van der Waals surface area contributed by atoms with Crippen molar-refractivity contribution in [3.63, 3.8) is 0 Å². The van der Waals surface area contributed by atoms with Crippen LogP contribution in [-0.4, -0.2) is 50.3 Å². The molecule has 0 saturated carbocycles. The van der Waals surface area contributed by atoms with Gasteiger partial charge in [0.2, 0.25) is 0 Å². The zero-order valence-corrected chi connectivity index (χ0v) is 9.53. The predicted octanol–water partition coefficient (Wildman–Crippen LogP) is 0.824. The van der Waals surface area contributed by atoms with Gasteiger partial charge in [-0.3, -0.25) is 0 Å². The van der Waals surface area contributed by atoms with Crippen molar-refractivity contribution in [3.05, 3.63) is 0 Å². The number of hydrogen-bond donors (Lipinski definition) is 1. The molecule has 0 fully saturated rings. The predicted molar refractivity (Wildman–Crippen MR) is 54.4 cm³/mol. The van der Waals surface area contributed by atoms with Crippen molar-refractivity contribution >= 4 is 0 Å². The molecule has 0 radical (unpaired) electrons. The molecule has 0 aromatic heterocycles. The molecule has 0 rings (SSSR count). The number of hydrogen-bond acceptors (Lipinski definition) is 4. The average molecular weight is 206 g/mol. The first-order valence-electron chi connectivity index (χ1n) is 4.96. The van der Waals surface area contributed by atoms with Gasteiger partial charge in [0.25, 0.3) is 0 Å². The first-order valence-corrected chi connectivity index (χ1v) is 4.96. The Morgan fingerprint density at radius 3 is 1.93 bits per heavy atom. The quantitative estimate of drug-likeness (QED) is 0.639. The highest BCUT2D eigenvalue weighted by atomic mass is 16.6. The molecule has 4 nitrogen and oxygen atoms in total. The highest BCUT2D eigenvalue weighted by Gasteiger charge is 2.07. The van der Waals surface area contributed by atoms with E-state index in [2.05, 4.69) is 0 Å². The highest BCUT2D eigenvalue weighted by Crippen LogP contribution is 1.98. The molecule has 0 spiro atoms. The van der Waals surface area contributed by atoms with Crippen LogP contribution in [0.15, 0.2) is 0 Å². The van der Waals surface area contributed by atoms with E-state index in [-0.39, 0.29) is 12.2 Å². The van der Waals surface area contributed by atoms with Crippen molar-refractivity contribution in [2.45, 2.75) is 39.1 Å². The van der Waals surface area contributed by atoms with Crippen molar-refractivity contribution in [1.29, 1.82) is 0 Å². The number of aliphatic hydroxyl groups excluding tert-OH is 1. The molecule has 14 heavy (non-hydrogen) atoms. The third-order valence-electron chi connectivity index (χ3n) is 1.64. The van der Waals surface area contributed by atoms with Gasteiger partial charge in [0.05, 0.1) is 38.1 Å². The Bertz CT molecular complexity index is 127. The molecule has 0 aliphatic heterocycles. The maximum Gasteiger partial charge on any atom is 0.0781 e. The summed E-state index contributed by atoms with van der Waals surface area (Å²) in [7, 11) is 1.65. The van der Waals surface area contributed by atoms with Gasteiger partial charge in [0.1, 0.15) is 0 Å². The molecule has 0 bridgehead atoms. The SMILES string of the molecule is COC[C@@H](C)OC[C@H](C)OC[C@@H](C)O. The van der Waals surface area contributed by atoms with Crippen LogP contribution in [0.3, 0.4) is 0 Å². The van der Waals surface area contributed by atoms with Crippen LogP contribution in [0, 0.1) is 0 Å². The molecule has 4 heteroatoms. The largest absolute Gasteiger partial charge is 0.391 e. The standard InChI is InChI=1S/C10H22O4/c1-8(11)5-13-10(3)7-14-9(2)6-12-4/h8-11H,5-7H2,1-4H3/t8-,9-,10+/m1/s1. The van der Waals surface area contributed by atoms with Crippen LogP contribution in [0.1, 0.15) is 20.8 Å². The average Bonchev–Trinajstić information content (AvgIpc) is 2.12. The zero-order valence-electron chi connectivity index (χ0n) is 9.53. The molecule has 86 valence electrons. The Labute approximate surface area is 86.2 Å². The van der Waals surface area contributed by atoms with Crippen LogP contribution in [0.4, 0.5) is 0 Å². The lowest BCUT2D eigenvalue weighted by Gasteiger charge is -2.17. The second-order valence-electron chi connectivity index (χ2n) is 3.59. The van der Waals surface area contributed by atoms with Gasteiger partial charge in [-0.1, -0.05) is 0 Å². The summed E-state index contributed by atoms with van der Waals surface area (Å²) in [6, 6.07) is 0. The third kappa shape index (κ3) is 8.44. The molecule has 0 saturated heterocycles. The fourth-order valence-electron chi connectivity index (χ4n) is 0.934. The summed E-state index contributed by atoms with van der Waals surface area (Å²) in [5, 5.41) is 8.98. The van der Waals surface area contributed by atoms with Crippen LogP contribution in [0.5, 0.6) is 0 Å². The summed E-state index contributed by atoms with van der Waals surface area (Å²) in [5.41, 5.74) is 0. The molecule has 3 atom stereocenters. The van der Waals surface area contributed by atoms with Crippen LogP contribution in [0.2, 0.25) is 0 Å². The Kier molecular flexibility index (Phi) is 8.08. The normalized spacial score (nSPS) is 17.8.